The first-order valence-corrected chi connectivity index (χ1v) is 13.0. The maximum absolute atomic E-state index is 13.1. The minimum atomic E-state index is -1.54. The number of esters is 1. The van der Waals surface area contributed by atoms with Crippen molar-refractivity contribution in [2.75, 3.05) is 0 Å². The Bertz CT molecular complexity index is 941. The van der Waals surface area contributed by atoms with Gasteiger partial charge in [-0.05, 0) is 81.5 Å². The first-order chi connectivity index (χ1) is 15.6. The van der Waals surface area contributed by atoms with Crippen molar-refractivity contribution in [1.82, 2.24) is 0 Å². The van der Waals surface area contributed by atoms with E-state index in [0.717, 1.165) is 49.7 Å². The van der Waals surface area contributed by atoms with Gasteiger partial charge in [0.2, 0.25) is 0 Å². The molecule has 0 aromatic rings. The van der Waals surface area contributed by atoms with Crippen molar-refractivity contribution in [2.45, 2.75) is 109 Å². The van der Waals surface area contributed by atoms with Crippen LogP contribution in [0.3, 0.4) is 0 Å². The number of hydrogen-bond donors (Lipinski definition) is 2. The molecule has 1 spiro atoms. The maximum atomic E-state index is 13.1. The van der Waals surface area contributed by atoms with E-state index in [0.29, 0.717) is 18.3 Å². The van der Waals surface area contributed by atoms with Gasteiger partial charge in [-0.25, -0.2) is 4.79 Å². The van der Waals surface area contributed by atoms with Crippen LogP contribution >= 0.6 is 0 Å². The van der Waals surface area contributed by atoms with Gasteiger partial charge in [0.05, 0.1) is 12.2 Å². The summed E-state index contributed by atoms with van der Waals surface area (Å²) in [4.78, 5) is 25.5. The third kappa shape index (κ3) is 2.61. The summed E-state index contributed by atoms with van der Waals surface area (Å²) >= 11 is 0. The monoisotopic (exact) mass is 458 g/mol. The summed E-state index contributed by atoms with van der Waals surface area (Å²) in [6.45, 7) is 8.54. The molecule has 33 heavy (non-hydrogen) atoms. The number of hydrogen-bond acceptors (Lipinski definition) is 6. The average molecular weight is 459 g/mol. The fraction of sp³-hybridized carbons (Fsp3) is 0.852. The first-order valence-electron chi connectivity index (χ1n) is 13.0. The van der Waals surface area contributed by atoms with Crippen LogP contribution in [0, 0.1) is 35.0 Å². The Labute approximate surface area is 196 Å². The number of cyclic esters (lactones) is 1. The predicted octanol–water partition coefficient (Wildman–Crippen LogP) is 3.33. The van der Waals surface area contributed by atoms with Crippen LogP contribution < -0.4 is 0 Å². The van der Waals surface area contributed by atoms with Gasteiger partial charge in [-0.15, -0.1) is 0 Å². The zero-order chi connectivity index (χ0) is 23.5. The van der Waals surface area contributed by atoms with Crippen LogP contribution in [0.4, 0.5) is 0 Å². The summed E-state index contributed by atoms with van der Waals surface area (Å²) in [5.74, 6) is 0.934. The van der Waals surface area contributed by atoms with E-state index in [-0.39, 0.29) is 53.6 Å². The van der Waals surface area contributed by atoms with Crippen molar-refractivity contribution in [3.8, 4) is 0 Å². The first kappa shape index (κ1) is 22.2. The predicted molar refractivity (Wildman–Crippen MR) is 120 cm³/mol. The highest BCUT2D eigenvalue weighted by Crippen LogP contribution is 2.71. The van der Waals surface area contributed by atoms with E-state index in [1.54, 1.807) is 0 Å². The lowest BCUT2D eigenvalue weighted by Gasteiger charge is -2.58. The van der Waals surface area contributed by atoms with E-state index >= 15 is 0 Å². The number of rotatable bonds is 2. The molecule has 4 saturated carbocycles. The summed E-state index contributed by atoms with van der Waals surface area (Å²) in [6, 6.07) is 0. The Morgan fingerprint density at radius 3 is 2.58 bits per heavy atom. The molecule has 0 amide bonds. The molecule has 1 saturated heterocycles. The number of ether oxygens (including phenoxy) is 2. The Morgan fingerprint density at radius 1 is 1.09 bits per heavy atom. The Morgan fingerprint density at radius 2 is 1.85 bits per heavy atom. The molecule has 0 radical (unpaired) electrons. The normalized spacial score (nSPS) is 54.1. The van der Waals surface area contributed by atoms with E-state index < -0.39 is 17.3 Å². The van der Waals surface area contributed by atoms with Gasteiger partial charge >= 0.3 is 5.97 Å². The molecule has 6 nitrogen and oxygen atoms in total. The SMILES string of the molecule is CC1=C(C)C(=O)O[C@@H]([C@@H](C)[C@H]2CC[C@H]3[C@@H]4C[C@H]5O[C@]56[C@@H](O)CCC(=O)[C@]6(O)[C@H]4CC[C@]23C)C1. The second-order valence-electron chi connectivity index (χ2n) is 12.4. The highest BCUT2D eigenvalue weighted by molar-refractivity contribution is 5.91. The molecular weight excluding hydrogens is 420 g/mol. The third-order valence-corrected chi connectivity index (χ3v) is 11.4. The van der Waals surface area contributed by atoms with Crippen LogP contribution in [0.5, 0.6) is 0 Å². The van der Waals surface area contributed by atoms with E-state index in [2.05, 4.69) is 13.8 Å². The topological polar surface area (TPSA) is 96.4 Å². The van der Waals surface area contributed by atoms with Crippen molar-refractivity contribution >= 4 is 11.8 Å². The van der Waals surface area contributed by atoms with Gasteiger partial charge < -0.3 is 19.7 Å². The zero-order valence-electron chi connectivity index (χ0n) is 20.3. The second-order valence-corrected chi connectivity index (χ2v) is 12.4. The van der Waals surface area contributed by atoms with Crippen LogP contribution in [-0.2, 0) is 19.1 Å². The molecule has 6 heteroatoms. The summed E-state index contributed by atoms with van der Waals surface area (Å²) in [6.07, 6.45) is 5.14. The zero-order valence-corrected chi connectivity index (χ0v) is 20.3. The minimum absolute atomic E-state index is 0.0791. The second kappa shape index (κ2) is 6.92. The van der Waals surface area contributed by atoms with Gasteiger partial charge in [-0.2, -0.15) is 0 Å². The molecular formula is C27H38O6. The van der Waals surface area contributed by atoms with E-state index in [9.17, 15) is 19.8 Å². The lowest BCUT2D eigenvalue weighted by atomic mass is 9.47. The largest absolute Gasteiger partial charge is 0.458 e. The molecule has 2 heterocycles. The summed E-state index contributed by atoms with van der Waals surface area (Å²) in [5.41, 5.74) is -0.615. The van der Waals surface area contributed by atoms with E-state index in [4.69, 9.17) is 9.47 Å². The molecule has 6 rings (SSSR count). The quantitative estimate of drug-likeness (QED) is 0.487. The molecule has 2 aliphatic heterocycles. The van der Waals surface area contributed by atoms with Crippen LogP contribution in [0.15, 0.2) is 11.1 Å². The molecule has 11 atom stereocenters. The van der Waals surface area contributed by atoms with E-state index in [1.807, 2.05) is 13.8 Å². The van der Waals surface area contributed by atoms with Crippen LogP contribution in [0.25, 0.3) is 0 Å². The van der Waals surface area contributed by atoms with Gasteiger partial charge in [-0.3, -0.25) is 4.79 Å². The fourth-order valence-electron chi connectivity index (χ4n) is 9.43. The van der Waals surface area contributed by atoms with Crippen molar-refractivity contribution < 1.29 is 29.3 Å². The summed E-state index contributed by atoms with van der Waals surface area (Å²) in [7, 11) is 0. The van der Waals surface area contributed by atoms with Gasteiger partial charge in [0.1, 0.15) is 6.10 Å². The number of Topliss-reactive ketones (excluding diaryl/α,β-unsaturated/α-hetero) is 1. The molecule has 2 N–H and O–H groups in total. The number of carbonyl (C=O) groups excluding carboxylic acids is 2. The van der Waals surface area contributed by atoms with Crippen molar-refractivity contribution in [3.05, 3.63) is 11.1 Å². The lowest BCUT2D eigenvalue weighted by Crippen LogP contribution is -2.70. The lowest BCUT2D eigenvalue weighted by molar-refractivity contribution is -0.197. The molecule has 0 bridgehead atoms. The molecule has 0 unspecified atom stereocenters. The minimum Gasteiger partial charge on any atom is -0.458 e. The number of aliphatic hydroxyl groups is 2. The van der Waals surface area contributed by atoms with Gasteiger partial charge in [-0.1, -0.05) is 19.4 Å². The number of ketones is 1. The fourth-order valence-corrected chi connectivity index (χ4v) is 9.43. The van der Waals surface area contributed by atoms with Crippen molar-refractivity contribution in [2.24, 2.45) is 35.0 Å². The van der Waals surface area contributed by atoms with Crippen LogP contribution in [0.2, 0.25) is 0 Å². The summed E-state index contributed by atoms with van der Waals surface area (Å²) < 4.78 is 11.9. The number of fused-ring (bicyclic) bond motifs is 4. The van der Waals surface area contributed by atoms with Gasteiger partial charge in [0, 0.05) is 24.3 Å². The highest BCUT2D eigenvalue weighted by Gasteiger charge is 2.82. The Kier molecular flexibility index (Phi) is 4.66. The molecule has 0 aromatic heterocycles. The molecule has 4 aliphatic carbocycles. The highest BCUT2D eigenvalue weighted by atomic mass is 16.6. The number of carbonyl (C=O) groups is 2. The number of aliphatic hydroxyl groups excluding tert-OH is 1. The molecule has 6 aliphatic rings. The molecule has 182 valence electrons. The standard InChI is InChI=1S/C27H38O6/c1-13-11-20(32-24(30)14(13)2)15(3)17-5-6-18-16-12-23-27(33-23)22(29)8-7-21(28)26(27,31)19(16)9-10-25(17,18)4/h15-20,22-23,29,31H,5-12H2,1-4H3/t15-,16-,17+,18-,19-,20+,22-,23+,25+,26+,27+/m0/s1. The van der Waals surface area contributed by atoms with E-state index in [1.165, 1.54) is 0 Å². The Balaban J connectivity index is 1.28. The average Bonchev–Trinajstić information content (AvgIpc) is 3.41. The van der Waals surface area contributed by atoms with Gasteiger partial charge in [0.15, 0.2) is 17.0 Å². The van der Waals surface area contributed by atoms with Crippen LogP contribution in [-0.4, -0.2) is 51.5 Å². The number of epoxide rings is 1. The van der Waals surface area contributed by atoms with Crippen molar-refractivity contribution in [3.63, 3.8) is 0 Å². The third-order valence-electron chi connectivity index (χ3n) is 11.4. The molecule has 0 aromatic carbocycles. The maximum Gasteiger partial charge on any atom is 0.333 e. The smallest absolute Gasteiger partial charge is 0.333 e. The van der Waals surface area contributed by atoms with Crippen LogP contribution in [0.1, 0.15) is 79.1 Å². The Hall–Kier alpha value is -1.24. The summed E-state index contributed by atoms with van der Waals surface area (Å²) in [5, 5.41) is 22.6. The molecule has 5 fully saturated rings. The van der Waals surface area contributed by atoms with Gasteiger partial charge in [0.25, 0.3) is 0 Å². The van der Waals surface area contributed by atoms with Crippen molar-refractivity contribution in [1.29, 1.82) is 0 Å².